The Morgan fingerprint density at radius 3 is 2.03 bits per heavy atom. The van der Waals surface area contributed by atoms with Gasteiger partial charge in [-0.3, -0.25) is 9.78 Å². The lowest BCUT2D eigenvalue weighted by molar-refractivity contribution is -0.134. The van der Waals surface area contributed by atoms with Crippen molar-refractivity contribution in [2.24, 2.45) is 23.7 Å². The van der Waals surface area contributed by atoms with Gasteiger partial charge in [-0.05, 0) is 80.8 Å². The van der Waals surface area contributed by atoms with Crippen LogP contribution in [0.15, 0.2) is 18.3 Å². The number of pyridine rings is 1. The van der Waals surface area contributed by atoms with Crippen molar-refractivity contribution in [3.8, 4) is 5.75 Å². The van der Waals surface area contributed by atoms with Crippen LogP contribution < -0.4 is 4.74 Å². The Hall–Kier alpha value is -1.38. The van der Waals surface area contributed by atoms with Crippen LogP contribution in [0.25, 0.3) is 0 Å². The Morgan fingerprint density at radius 2 is 1.52 bits per heavy atom. The first kappa shape index (κ1) is 22.3. The molecular formula is C26H41NO2. The van der Waals surface area contributed by atoms with Crippen LogP contribution >= 0.6 is 0 Å². The molecular weight excluding hydrogens is 358 g/mol. The Labute approximate surface area is 178 Å². The lowest BCUT2D eigenvalue weighted by Crippen LogP contribution is -2.26. The molecule has 0 aliphatic heterocycles. The van der Waals surface area contributed by atoms with Crippen molar-refractivity contribution in [1.29, 1.82) is 0 Å². The minimum Gasteiger partial charge on any atom is -0.425 e. The van der Waals surface area contributed by atoms with E-state index in [1.165, 1.54) is 70.6 Å². The van der Waals surface area contributed by atoms with Gasteiger partial charge in [-0.15, -0.1) is 0 Å². The summed E-state index contributed by atoms with van der Waals surface area (Å²) < 4.78 is 5.29. The summed E-state index contributed by atoms with van der Waals surface area (Å²) in [4.78, 5) is 16.1. The maximum atomic E-state index is 11.6. The van der Waals surface area contributed by atoms with Gasteiger partial charge in [0.15, 0.2) is 0 Å². The monoisotopic (exact) mass is 399 g/mol. The van der Waals surface area contributed by atoms with Crippen LogP contribution in [0.2, 0.25) is 0 Å². The van der Waals surface area contributed by atoms with Gasteiger partial charge in [0.2, 0.25) is 0 Å². The molecule has 2 saturated carbocycles. The van der Waals surface area contributed by atoms with Gasteiger partial charge >= 0.3 is 5.97 Å². The molecule has 1 aromatic rings. The van der Waals surface area contributed by atoms with Crippen molar-refractivity contribution >= 4 is 5.97 Å². The third-order valence-corrected chi connectivity index (χ3v) is 7.44. The Morgan fingerprint density at radius 1 is 0.897 bits per heavy atom. The number of carbonyl (C=O) groups is 1. The van der Waals surface area contributed by atoms with Gasteiger partial charge in [0.25, 0.3) is 0 Å². The average Bonchev–Trinajstić information content (AvgIpc) is 2.75. The number of esters is 1. The molecule has 2 aliphatic carbocycles. The second-order valence-corrected chi connectivity index (χ2v) is 9.60. The molecule has 0 spiro atoms. The topological polar surface area (TPSA) is 39.2 Å². The van der Waals surface area contributed by atoms with Crippen molar-refractivity contribution in [2.75, 3.05) is 0 Å². The normalized spacial score (nSPS) is 27.5. The van der Waals surface area contributed by atoms with Crippen molar-refractivity contribution in [1.82, 2.24) is 4.98 Å². The summed E-state index contributed by atoms with van der Waals surface area (Å²) in [5, 5.41) is 0. The highest BCUT2D eigenvalue weighted by molar-refractivity contribution is 5.72. The molecule has 162 valence electrons. The van der Waals surface area contributed by atoms with Gasteiger partial charge in [-0.25, -0.2) is 0 Å². The van der Waals surface area contributed by atoms with E-state index in [0.717, 1.165) is 42.2 Å². The number of ether oxygens (including phenoxy) is 1. The third kappa shape index (κ3) is 7.12. The standard InChI is InChI=1S/C26H41NO2/c1-3-5-20-7-12-22(13-8-20)23-14-9-21(10-15-23)11-16-24-17-18-25(19-27-24)29-26(28)6-4-2/h17-23H,3-16H2,1-2H3/t20-,21?,22-,23?. The predicted octanol–water partition coefficient (Wildman–Crippen LogP) is 7.13. The largest absolute Gasteiger partial charge is 0.425 e. The SMILES string of the molecule is CCCC(=O)Oc1ccc(CCC2CCC([C@H]3CC[C@H](CCC)CC3)CC2)nc1. The predicted molar refractivity (Wildman–Crippen MR) is 119 cm³/mol. The number of hydrogen-bond donors (Lipinski definition) is 0. The molecule has 1 aromatic heterocycles. The quantitative estimate of drug-likeness (QED) is 0.414. The summed E-state index contributed by atoms with van der Waals surface area (Å²) in [5.41, 5.74) is 1.12. The number of rotatable bonds is 9. The van der Waals surface area contributed by atoms with E-state index < -0.39 is 0 Å². The average molecular weight is 400 g/mol. The molecule has 2 aliphatic rings. The summed E-state index contributed by atoms with van der Waals surface area (Å²) >= 11 is 0. The summed E-state index contributed by atoms with van der Waals surface area (Å²) in [6.07, 6.45) is 19.8. The highest BCUT2D eigenvalue weighted by Crippen LogP contribution is 2.42. The third-order valence-electron chi connectivity index (χ3n) is 7.44. The number of nitrogens with zero attached hydrogens (tertiary/aromatic N) is 1. The Balaban J connectivity index is 1.34. The van der Waals surface area contributed by atoms with E-state index in [1.807, 2.05) is 19.1 Å². The van der Waals surface area contributed by atoms with Gasteiger partial charge < -0.3 is 4.74 Å². The second kappa shape index (κ2) is 11.7. The van der Waals surface area contributed by atoms with Crippen LogP contribution in [0.1, 0.15) is 103 Å². The minimum atomic E-state index is -0.169. The fourth-order valence-corrected chi connectivity index (χ4v) is 5.66. The number of carbonyl (C=O) groups excluding carboxylic acids is 1. The smallest absolute Gasteiger partial charge is 0.311 e. The molecule has 3 heteroatoms. The molecule has 0 N–H and O–H groups in total. The van der Waals surface area contributed by atoms with Crippen LogP contribution in [0.3, 0.4) is 0 Å². The number of aromatic nitrogens is 1. The molecule has 0 atom stereocenters. The van der Waals surface area contributed by atoms with Crippen molar-refractivity contribution in [3.05, 3.63) is 24.0 Å². The molecule has 0 saturated heterocycles. The second-order valence-electron chi connectivity index (χ2n) is 9.60. The van der Waals surface area contributed by atoms with Gasteiger partial charge in [-0.2, -0.15) is 0 Å². The van der Waals surface area contributed by atoms with Gasteiger partial charge in [0.1, 0.15) is 5.75 Å². The molecule has 0 aromatic carbocycles. The maximum Gasteiger partial charge on any atom is 0.311 e. The van der Waals surface area contributed by atoms with Crippen molar-refractivity contribution in [3.63, 3.8) is 0 Å². The van der Waals surface area contributed by atoms with E-state index in [9.17, 15) is 4.79 Å². The fourth-order valence-electron chi connectivity index (χ4n) is 5.66. The Kier molecular flexibility index (Phi) is 9.01. The molecule has 3 nitrogen and oxygen atoms in total. The number of aryl methyl sites for hydroxylation is 1. The maximum absolute atomic E-state index is 11.6. The van der Waals surface area contributed by atoms with E-state index in [1.54, 1.807) is 6.20 Å². The zero-order chi connectivity index (χ0) is 20.5. The van der Waals surface area contributed by atoms with Crippen LogP contribution in [0.5, 0.6) is 5.75 Å². The Bertz CT molecular complexity index is 596. The van der Waals surface area contributed by atoms with Gasteiger partial charge in [0, 0.05) is 12.1 Å². The van der Waals surface area contributed by atoms with Crippen LogP contribution in [0, 0.1) is 23.7 Å². The zero-order valence-electron chi connectivity index (χ0n) is 18.7. The minimum absolute atomic E-state index is 0.169. The number of hydrogen-bond acceptors (Lipinski definition) is 3. The van der Waals surface area contributed by atoms with Crippen LogP contribution in [0.4, 0.5) is 0 Å². The molecule has 29 heavy (non-hydrogen) atoms. The van der Waals surface area contributed by atoms with Crippen molar-refractivity contribution in [2.45, 2.75) is 104 Å². The highest BCUT2D eigenvalue weighted by atomic mass is 16.5. The van der Waals surface area contributed by atoms with E-state index in [0.29, 0.717) is 12.2 Å². The molecule has 0 bridgehead atoms. The first-order valence-electron chi connectivity index (χ1n) is 12.3. The summed E-state index contributed by atoms with van der Waals surface area (Å²) in [7, 11) is 0. The summed E-state index contributed by atoms with van der Waals surface area (Å²) in [6.45, 7) is 4.31. The lowest BCUT2D eigenvalue weighted by Gasteiger charge is -2.38. The summed E-state index contributed by atoms with van der Waals surface area (Å²) in [5.74, 6) is 4.32. The van der Waals surface area contributed by atoms with Gasteiger partial charge in [-0.1, -0.05) is 52.4 Å². The van der Waals surface area contributed by atoms with E-state index in [2.05, 4.69) is 11.9 Å². The first-order chi connectivity index (χ1) is 14.2. The molecule has 1 heterocycles. The zero-order valence-corrected chi connectivity index (χ0v) is 18.7. The molecule has 0 radical (unpaired) electrons. The fraction of sp³-hybridized carbons (Fsp3) is 0.769. The van der Waals surface area contributed by atoms with E-state index >= 15 is 0 Å². The van der Waals surface area contributed by atoms with E-state index in [-0.39, 0.29) is 5.97 Å². The van der Waals surface area contributed by atoms with E-state index in [4.69, 9.17) is 4.74 Å². The lowest BCUT2D eigenvalue weighted by atomic mass is 9.68. The van der Waals surface area contributed by atoms with Crippen molar-refractivity contribution < 1.29 is 9.53 Å². The highest BCUT2D eigenvalue weighted by Gasteiger charge is 2.30. The first-order valence-corrected chi connectivity index (χ1v) is 12.3. The van der Waals surface area contributed by atoms with Crippen LogP contribution in [-0.2, 0) is 11.2 Å². The van der Waals surface area contributed by atoms with Gasteiger partial charge in [0.05, 0.1) is 6.20 Å². The molecule has 3 rings (SSSR count). The summed E-state index contributed by atoms with van der Waals surface area (Å²) in [6, 6.07) is 3.91. The molecule has 0 amide bonds. The molecule has 2 fully saturated rings. The molecule has 0 unspecified atom stereocenters. The van der Waals surface area contributed by atoms with Crippen LogP contribution in [-0.4, -0.2) is 11.0 Å².